The smallest absolute Gasteiger partial charge is 0.362 e. The number of carbonyl (C=O) groups excluding carboxylic acids is 2. The molecule has 1 heterocycles. The van der Waals surface area contributed by atoms with Crippen LogP contribution in [-0.2, 0) is 12.4 Å². The number of ketones is 1. The largest absolute Gasteiger partial charge is 0.416 e. The summed E-state index contributed by atoms with van der Waals surface area (Å²) in [5.41, 5.74) is -3.69. The second-order valence-corrected chi connectivity index (χ2v) is 11.1. The van der Waals surface area contributed by atoms with Crippen molar-refractivity contribution < 1.29 is 35.9 Å². The van der Waals surface area contributed by atoms with Gasteiger partial charge in [-0.15, -0.1) is 0 Å². The number of fused-ring (bicyclic) bond motifs is 1. The van der Waals surface area contributed by atoms with Crippen molar-refractivity contribution in [3.63, 3.8) is 0 Å². The van der Waals surface area contributed by atoms with E-state index in [1.54, 1.807) is 0 Å². The first-order valence-corrected chi connectivity index (χ1v) is 14.2. The average Bonchev–Trinajstić information content (AvgIpc) is 3.00. The Kier molecular flexibility index (Phi) is 8.72. The average molecular weight is 630 g/mol. The highest BCUT2D eigenvalue weighted by atomic mass is 19.4. The molecule has 0 saturated heterocycles. The maximum absolute atomic E-state index is 13.4. The number of hydrogen-bond acceptors (Lipinski definition) is 6. The maximum Gasteiger partial charge on any atom is 0.416 e. The minimum absolute atomic E-state index is 0.0342. The molecule has 2 N–H and O–H groups in total. The molecule has 0 atom stereocenters. The van der Waals surface area contributed by atoms with Crippen LogP contribution in [0, 0.1) is 0 Å². The van der Waals surface area contributed by atoms with Crippen LogP contribution in [0.5, 0.6) is 0 Å². The Balaban J connectivity index is 1.28. The maximum atomic E-state index is 13.4. The molecule has 0 bridgehead atoms. The summed E-state index contributed by atoms with van der Waals surface area (Å²) in [6.45, 7) is 0. The van der Waals surface area contributed by atoms with E-state index in [0.29, 0.717) is 43.8 Å². The van der Waals surface area contributed by atoms with E-state index in [1.165, 1.54) is 24.3 Å². The number of halogens is 6. The van der Waals surface area contributed by atoms with Crippen LogP contribution in [0.2, 0.25) is 0 Å². The normalized spacial score (nSPS) is 17.2. The molecule has 1 saturated carbocycles. The summed E-state index contributed by atoms with van der Waals surface area (Å²) in [4.78, 5) is 37.7. The second-order valence-electron chi connectivity index (χ2n) is 11.1. The predicted molar refractivity (Wildman–Crippen MR) is 157 cm³/mol. The minimum Gasteiger partial charge on any atom is -0.362 e. The standard InChI is InChI=1S/C32H29F6N5O2/c1-43(2)28-25-9-5-6-10-26(25)41-30(42-28)40-22-13-11-21(12-14-22)39-29(45)24-8-4-3-7-23(24)27(44)18-15-19(31(33,34)35)17-20(16-18)32(36,37)38/h3-10,15-17,21-22H,11-14H2,1-2H3,(H,39,45)(H,40,41,42). The summed E-state index contributed by atoms with van der Waals surface area (Å²) < 4.78 is 80.3. The monoisotopic (exact) mass is 629 g/mol. The first-order chi connectivity index (χ1) is 21.2. The summed E-state index contributed by atoms with van der Waals surface area (Å²) >= 11 is 0. The molecule has 0 unspecified atom stereocenters. The molecule has 0 radical (unpaired) electrons. The van der Waals surface area contributed by atoms with Crippen molar-refractivity contribution in [2.45, 2.75) is 50.1 Å². The van der Waals surface area contributed by atoms with Crippen LogP contribution in [-0.4, -0.2) is 47.8 Å². The SMILES string of the molecule is CN(C)c1nc(NC2CCC(NC(=O)c3ccccc3C(=O)c3cc(C(F)(F)F)cc(C(F)(F)F)c3)CC2)nc2ccccc12. The van der Waals surface area contributed by atoms with Crippen LogP contribution in [0.3, 0.4) is 0 Å². The third-order valence-electron chi connectivity index (χ3n) is 7.67. The second kappa shape index (κ2) is 12.4. The molecule has 1 aliphatic carbocycles. The summed E-state index contributed by atoms with van der Waals surface area (Å²) in [5, 5.41) is 7.17. The molecule has 5 rings (SSSR count). The van der Waals surface area contributed by atoms with Crippen molar-refractivity contribution in [3.05, 3.63) is 94.5 Å². The number of nitrogens with one attached hydrogen (secondary N) is 2. The van der Waals surface area contributed by atoms with Gasteiger partial charge in [-0.05, 0) is 62.1 Å². The van der Waals surface area contributed by atoms with Gasteiger partial charge in [0.15, 0.2) is 5.78 Å². The molecular formula is C32H29F6N5O2. The van der Waals surface area contributed by atoms with Gasteiger partial charge in [-0.25, -0.2) is 4.98 Å². The number of alkyl halides is 6. The number of anilines is 2. The Labute approximate surface area is 254 Å². The van der Waals surface area contributed by atoms with E-state index in [-0.39, 0.29) is 29.3 Å². The number of aromatic nitrogens is 2. The van der Waals surface area contributed by atoms with Gasteiger partial charge >= 0.3 is 12.4 Å². The molecule has 1 aromatic heterocycles. The predicted octanol–water partition coefficient (Wildman–Crippen LogP) is 7.12. The molecule has 1 aliphatic rings. The van der Waals surface area contributed by atoms with Crippen molar-refractivity contribution in [2.75, 3.05) is 24.3 Å². The molecule has 4 aromatic rings. The summed E-state index contributed by atoms with van der Waals surface area (Å²) in [5.74, 6) is -0.512. The zero-order valence-corrected chi connectivity index (χ0v) is 24.3. The molecule has 13 heteroatoms. The highest BCUT2D eigenvalue weighted by molar-refractivity contribution is 6.15. The van der Waals surface area contributed by atoms with Gasteiger partial charge in [0.05, 0.1) is 22.2 Å². The highest BCUT2D eigenvalue weighted by Gasteiger charge is 2.38. The third-order valence-corrected chi connectivity index (χ3v) is 7.67. The Bertz CT molecular complexity index is 1700. The fourth-order valence-corrected chi connectivity index (χ4v) is 5.41. The van der Waals surface area contributed by atoms with Crippen molar-refractivity contribution in [1.82, 2.24) is 15.3 Å². The van der Waals surface area contributed by atoms with Crippen molar-refractivity contribution in [1.29, 1.82) is 0 Å². The molecule has 7 nitrogen and oxygen atoms in total. The van der Waals surface area contributed by atoms with Gasteiger partial charge in [0.2, 0.25) is 5.95 Å². The zero-order chi connectivity index (χ0) is 32.5. The van der Waals surface area contributed by atoms with E-state index in [0.717, 1.165) is 16.7 Å². The summed E-state index contributed by atoms with van der Waals surface area (Å²) in [6.07, 6.45) is -7.73. The van der Waals surface area contributed by atoms with E-state index in [2.05, 4.69) is 20.6 Å². The van der Waals surface area contributed by atoms with E-state index in [9.17, 15) is 35.9 Å². The highest BCUT2D eigenvalue weighted by Crippen LogP contribution is 2.37. The zero-order valence-electron chi connectivity index (χ0n) is 24.3. The van der Waals surface area contributed by atoms with Crippen LogP contribution in [0.25, 0.3) is 10.9 Å². The molecule has 1 fully saturated rings. The molecular weight excluding hydrogens is 600 g/mol. The number of nitrogens with zero attached hydrogens (tertiary/aromatic N) is 3. The first-order valence-electron chi connectivity index (χ1n) is 14.2. The Morgan fingerprint density at radius 3 is 1.91 bits per heavy atom. The van der Waals surface area contributed by atoms with Crippen molar-refractivity contribution in [2.24, 2.45) is 0 Å². The van der Waals surface area contributed by atoms with Crippen molar-refractivity contribution in [3.8, 4) is 0 Å². The Morgan fingerprint density at radius 2 is 1.31 bits per heavy atom. The lowest BCUT2D eigenvalue weighted by Crippen LogP contribution is -2.40. The summed E-state index contributed by atoms with van der Waals surface area (Å²) in [6, 6.07) is 13.5. The van der Waals surface area contributed by atoms with E-state index >= 15 is 0 Å². The number of amides is 1. The number of benzene rings is 3. The molecule has 0 spiro atoms. The minimum atomic E-state index is -5.12. The molecule has 236 valence electrons. The number of para-hydroxylation sites is 1. The van der Waals surface area contributed by atoms with Gasteiger partial charge in [0.25, 0.3) is 5.91 Å². The molecule has 3 aromatic carbocycles. The number of rotatable bonds is 7. The number of carbonyl (C=O) groups is 2. The van der Waals surface area contributed by atoms with Crippen LogP contribution in [0.4, 0.5) is 38.1 Å². The topological polar surface area (TPSA) is 87.2 Å². The van der Waals surface area contributed by atoms with Crippen LogP contribution in [0.15, 0.2) is 66.7 Å². The van der Waals surface area contributed by atoms with Gasteiger partial charge in [-0.1, -0.05) is 30.3 Å². The van der Waals surface area contributed by atoms with Crippen LogP contribution < -0.4 is 15.5 Å². The van der Waals surface area contributed by atoms with E-state index in [1.807, 2.05) is 43.3 Å². The lowest BCUT2D eigenvalue weighted by molar-refractivity contribution is -0.143. The first kappa shape index (κ1) is 31.7. The lowest BCUT2D eigenvalue weighted by Gasteiger charge is -2.30. The molecule has 45 heavy (non-hydrogen) atoms. The quantitative estimate of drug-likeness (QED) is 0.167. The third kappa shape index (κ3) is 7.18. The molecule has 0 aliphatic heterocycles. The van der Waals surface area contributed by atoms with Gasteiger partial charge < -0.3 is 15.5 Å². The molecule has 1 amide bonds. The van der Waals surface area contributed by atoms with Gasteiger partial charge in [-0.2, -0.15) is 31.3 Å². The van der Waals surface area contributed by atoms with Gasteiger partial charge in [0, 0.05) is 42.7 Å². The Hall–Kier alpha value is -4.68. The van der Waals surface area contributed by atoms with Gasteiger partial charge in [0.1, 0.15) is 5.82 Å². The fourth-order valence-electron chi connectivity index (χ4n) is 5.41. The number of hydrogen-bond donors (Lipinski definition) is 2. The Morgan fingerprint density at radius 1 is 0.756 bits per heavy atom. The van der Waals surface area contributed by atoms with Crippen molar-refractivity contribution >= 4 is 34.4 Å². The van der Waals surface area contributed by atoms with E-state index < -0.39 is 40.7 Å². The fraction of sp³-hybridized carbons (Fsp3) is 0.312. The van der Waals surface area contributed by atoms with Crippen LogP contribution in [0.1, 0.15) is 63.1 Å². The van der Waals surface area contributed by atoms with Gasteiger partial charge in [-0.3, -0.25) is 9.59 Å². The summed E-state index contributed by atoms with van der Waals surface area (Å²) in [7, 11) is 3.80. The van der Waals surface area contributed by atoms with E-state index in [4.69, 9.17) is 0 Å². The lowest BCUT2D eigenvalue weighted by atomic mass is 9.90. The van der Waals surface area contributed by atoms with Crippen LogP contribution >= 0.6 is 0 Å².